The van der Waals surface area contributed by atoms with Gasteiger partial charge in [-0.15, -0.1) is 0 Å². The quantitative estimate of drug-likeness (QED) is 0.769. The molecule has 0 saturated carbocycles. The molecule has 1 amide bonds. The van der Waals surface area contributed by atoms with Crippen LogP contribution in [-0.2, 0) is 0 Å². The van der Waals surface area contributed by atoms with Crippen LogP contribution in [0.25, 0.3) is 11.4 Å². The maximum absolute atomic E-state index is 13.0. The van der Waals surface area contributed by atoms with E-state index < -0.39 is 0 Å². The van der Waals surface area contributed by atoms with E-state index in [1.807, 2.05) is 36.9 Å². The van der Waals surface area contributed by atoms with Gasteiger partial charge in [0.15, 0.2) is 5.82 Å². The molecule has 1 aliphatic rings. The molecule has 25 heavy (non-hydrogen) atoms. The fourth-order valence-electron chi connectivity index (χ4n) is 3.45. The first-order valence-corrected chi connectivity index (χ1v) is 8.43. The summed E-state index contributed by atoms with van der Waals surface area (Å²) in [6, 6.07) is 5.59. The summed E-state index contributed by atoms with van der Waals surface area (Å²) in [5.41, 5.74) is 3.54. The van der Waals surface area contributed by atoms with Crippen molar-refractivity contribution in [1.29, 1.82) is 0 Å². The molecule has 1 saturated heterocycles. The molecular formula is C18H20N6O. The fraction of sp³-hybridized carbons (Fsp3) is 0.333. The van der Waals surface area contributed by atoms with Gasteiger partial charge in [-0.05, 0) is 44.9 Å². The van der Waals surface area contributed by atoms with Crippen LogP contribution in [0.15, 0.2) is 30.6 Å². The van der Waals surface area contributed by atoms with Gasteiger partial charge >= 0.3 is 0 Å². The van der Waals surface area contributed by atoms with E-state index >= 15 is 0 Å². The van der Waals surface area contributed by atoms with Crippen molar-refractivity contribution in [3.63, 3.8) is 0 Å². The van der Waals surface area contributed by atoms with Gasteiger partial charge in [0.2, 0.25) is 0 Å². The molecule has 3 aromatic rings. The molecule has 0 radical (unpaired) electrons. The Balaban J connectivity index is 1.61. The number of rotatable bonds is 3. The molecule has 1 fully saturated rings. The summed E-state index contributed by atoms with van der Waals surface area (Å²) in [6.07, 6.45) is 5.28. The molecule has 0 aliphatic carbocycles. The van der Waals surface area contributed by atoms with Gasteiger partial charge in [-0.25, -0.2) is 4.98 Å². The first-order chi connectivity index (χ1) is 12.1. The van der Waals surface area contributed by atoms with E-state index in [0.717, 1.165) is 47.7 Å². The minimum Gasteiger partial charge on any atom is -0.362 e. The highest BCUT2D eigenvalue weighted by Gasteiger charge is 2.33. The lowest BCUT2D eigenvalue weighted by Crippen LogP contribution is -2.31. The number of hydrogen-bond donors (Lipinski definition) is 2. The SMILES string of the molecule is Cc1cc(C(=O)N2CCCC2c2nc(-c3ccncc3)n[nH]2)c(C)[nH]1. The number of pyridine rings is 1. The van der Waals surface area contributed by atoms with Gasteiger partial charge in [0.1, 0.15) is 5.82 Å². The normalized spacial score (nSPS) is 17.2. The van der Waals surface area contributed by atoms with Crippen LogP contribution in [-0.4, -0.2) is 42.5 Å². The topological polar surface area (TPSA) is 90.6 Å². The number of aromatic amines is 2. The Kier molecular flexibility index (Phi) is 3.83. The molecule has 4 rings (SSSR count). The smallest absolute Gasteiger partial charge is 0.256 e. The van der Waals surface area contributed by atoms with Crippen LogP contribution in [0.2, 0.25) is 0 Å². The Labute approximate surface area is 145 Å². The number of hydrogen-bond acceptors (Lipinski definition) is 4. The Morgan fingerprint density at radius 3 is 2.80 bits per heavy atom. The number of amides is 1. The average Bonchev–Trinajstić information content (AvgIpc) is 3.33. The zero-order valence-electron chi connectivity index (χ0n) is 14.3. The van der Waals surface area contributed by atoms with Gasteiger partial charge in [0.25, 0.3) is 5.91 Å². The highest BCUT2D eigenvalue weighted by Crippen LogP contribution is 2.32. The first kappa shape index (κ1) is 15.6. The summed E-state index contributed by atoms with van der Waals surface area (Å²) in [5, 5.41) is 7.33. The van der Waals surface area contributed by atoms with Crippen molar-refractivity contribution in [3.8, 4) is 11.4 Å². The zero-order chi connectivity index (χ0) is 17.4. The lowest BCUT2D eigenvalue weighted by molar-refractivity contribution is 0.0729. The lowest BCUT2D eigenvalue weighted by atomic mass is 10.1. The number of carbonyl (C=O) groups excluding carboxylic acids is 1. The third-order valence-corrected chi connectivity index (χ3v) is 4.65. The Hall–Kier alpha value is -2.96. The molecule has 4 heterocycles. The number of likely N-dealkylation sites (tertiary alicyclic amines) is 1. The summed E-state index contributed by atoms with van der Waals surface area (Å²) in [4.78, 5) is 26.7. The third-order valence-electron chi connectivity index (χ3n) is 4.65. The summed E-state index contributed by atoms with van der Waals surface area (Å²) in [7, 11) is 0. The Bertz CT molecular complexity index is 897. The predicted octanol–water partition coefficient (Wildman–Crippen LogP) is 2.79. The molecule has 2 N–H and O–H groups in total. The first-order valence-electron chi connectivity index (χ1n) is 8.43. The number of aromatic nitrogens is 5. The number of nitrogens with zero attached hydrogens (tertiary/aromatic N) is 4. The molecule has 128 valence electrons. The van der Waals surface area contributed by atoms with Gasteiger partial charge in [0, 0.05) is 35.9 Å². The Morgan fingerprint density at radius 2 is 2.08 bits per heavy atom. The lowest BCUT2D eigenvalue weighted by Gasteiger charge is -2.22. The van der Waals surface area contributed by atoms with E-state index in [1.165, 1.54) is 0 Å². The van der Waals surface area contributed by atoms with Crippen LogP contribution >= 0.6 is 0 Å². The highest BCUT2D eigenvalue weighted by atomic mass is 16.2. The average molecular weight is 336 g/mol. The fourth-order valence-corrected chi connectivity index (χ4v) is 3.45. The van der Waals surface area contributed by atoms with E-state index in [9.17, 15) is 4.79 Å². The molecular weight excluding hydrogens is 316 g/mol. The van der Waals surface area contributed by atoms with Gasteiger partial charge in [-0.3, -0.25) is 14.9 Å². The second-order valence-corrected chi connectivity index (χ2v) is 6.43. The van der Waals surface area contributed by atoms with Crippen LogP contribution in [0, 0.1) is 13.8 Å². The van der Waals surface area contributed by atoms with Gasteiger partial charge in [-0.2, -0.15) is 5.10 Å². The maximum Gasteiger partial charge on any atom is 0.256 e. The van der Waals surface area contributed by atoms with E-state index in [2.05, 4.69) is 25.1 Å². The second kappa shape index (κ2) is 6.16. The number of aryl methyl sites for hydroxylation is 2. The summed E-state index contributed by atoms with van der Waals surface area (Å²) >= 11 is 0. The van der Waals surface area contributed by atoms with Gasteiger partial charge in [-0.1, -0.05) is 0 Å². The largest absolute Gasteiger partial charge is 0.362 e. The molecule has 7 heteroatoms. The molecule has 1 aliphatic heterocycles. The minimum atomic E-state index is -0.0646. The molecule has 0 bridgehead atoms. The van der Waals surface area contributed by atoms with Crippen LogP contribution in [0.5, 0.6) is 0 Å². The highest BCUT2D eigenvalue weighted by molar-refractivity contribution is 5.96. The molecule has 0 spiro atoms. The van der Waals surface area contributed by atoms with Gasteiger partial charge in [0.05, 0.1) is 11.6 Å². The van der Waals surface area contributed by atoms with E-state index in [-0.39, 0.29) is 11.9 Å². The zero-order valence-corrected chi connectivity index (χ0v) is 14.3. The summed E-state index contributed by atoms with van der Waals surface area (Å²) in [6.45, 7) is 4.63. The number of H-pyrrole nitrogens is 2. The van der Waals surface area contributed by atoms with E-state index in [4.69, 9.17) is 0 Å². The van der Waals surface area contributed by atoms with E-state index in [0.29, 0.717) is 5.82 Å². The molecule has 3 aromatic heterocycles. The minimum absolute atomic E-state index is 0.0474. The van der Waals surface area contributed by atoms with Crippen molar-refractivity contribution in [1.82, 2.24) is 30.0 Å². The maximum atomic E-state index is 13.0. The van der Waals surface area contributed by atoms with Crippen LogP contribution in [0.3, 0.4) is 0 Å². The van der Waals surface area contributed by atoms with Crippen LogP contribution < -0.4 is 0 Å². The second-order valence-electron chi connectivity index (χ2n) is 6.43. The summed E-state index contributed by atoms with van der Waals surface area (Å²) < 4.78 is 0. The van der Waals surface area contributed by atoms with Crippen molar-refractivity contribution in [2.75, 3.05) is 6.54 Å². The van der Waals surface area contributed by atoms with Crippen molar-refractivity contribution < 1.29 is 4.79 Å². The van der Waals surface area contributed by atoms with Crippen molar-refractivity contribution in [2.45, 2.75) is 32.7 Å². The molecule has 7 nitrogen and oxygen atoms in total. The molecule has 0 aromatic carbocycles. The monoisotopic (exact) mass is 336 g/mol. The standard InChI is InChI=1S/C18H20N6O/c1-11-10-14(12(2)20-11)18(25)24-9-3-4-15(24)17-21-16(22-23-17)13-5-7-19-8-6-13/h5-8,10,15,20H,3-4,9H2,1-2H3,(H,21,22,23). The van der Waals surface area contributed by atoms with Crippen LogP contribution in [0.1, 0.15) is 46.5 Å². The van der Waals surface area contributed by atoms with E-state index in [1.54, 1.807) is 12.4 Å². The number of nitrogens with one attached hydrogen (secondary N) is 2. The molecule has 1 atom stereocenters. The third kappa shape index (κ3) is 2.82. The van der Waals surface area contributed by atoms with Gasteiger partial charge < -0.3 is 9.88 Å². The molecule has 1 unspecified atom stereocenters. The van der Waals surface area contributed by atoms with Crippen molar-refractivity contribution in [2.24, 2.45) is 0 Å². The van der Waals surface area contributed by atoms with Crippen molar-refractivity contribution >= 4 is 5.91 Å². The number of carbonyl (C=O) groups is 1. The summed E-state index contributed by atoms with van der Waals surface area (Å²) in [5.74, 6) is 1.42. The van der Waals surface area contributed by atoms with Crippen molar-refractivity contribution in [3.05, 3.63) is 53.4 Å². The van der Waals surface area contributed by atoms with Crippen LogP contribution in [0.4, 0.5) is 0 Å². The predicted molar refractivity (Wildman–Crippen MR) is 92.9 cm³/mol. The Morgan fingerprint density at radius 1 is 1.28 bits per heavy atom.